The van der Waals surface area contributed by atoms with Crippen molar-refractivity contribution in [2.75, 3.05) is 13.2 Å². The van der Waals surface area contributed by atoms with Crippen molar-refractivity contribution in [3.63, 3.8) is 0 Å². The Kier molecular flexibility index (Phi) is 7.19. The third-order valence-electron chi connectivity index (χ3n) is 8.55. The lowest BCUT2D eigenvalue weighted by Gasteiger charge is -2.39. The fourth-order valence-electron chi connectivity index (χ4n) is 6.73. The molecule has 0 saturated heterocycles. The topological polar surface area (TPSA) is 86.6 Å². The second kappa shape index (κ2) is 11.0. The predicted molar refractivity (Wildman–Crippen MR) is 162 cm³/mol. The van der Waals surface area contributed by atoms with Gasteiger partial charge in [-0.1, -0.05) is 54.6 Å². The van der Waals surface area contributed by atoms with Crippen molar-refractivity contribution in [1.82, 2.24) is 9.88 Å². The number of esters is 2. The molecular formula is C35H34N2O5. The Morgan fingerprint density at radius 3 is 2.31 bits per heavy atom. The van der Waals surface area contributed by atoms with Crippen molar-refractivity contribution < 1.29 is 23.9 Å². The lowest BCUT2D eigenvalue weighted by atomic mass is 9.67. The van der Waals surface area contributed by atoms with Crippen molar-refractivity contribution in [2.45, 2.75) is 39.0 Å². The van der Waals surface area contributed by atoms with Gasteiger partial charge in [-0.25, -0.2) is 4.79 Å². The molecule has 6 rings (SSSR count). The molecule has 0 radical (unpaired) electrons. The molecule has 2 aliphatic rings. The highest BCUT2D eigenvalue weighted by molar-refractivity contribution is 6.14. The average Bonchev–Trinajstić information content (AvgIpc) is 3.28. The van der Waals surface area contributed by atoms with E-state index in [2.05, 4.69) is 28.1 Å². The maximum absolute atomic E-state index is 14.6. The number of nitrogens with one attached hydrogen (secondary N) is 1. The molecule has 3 aromatic carbocycles. The van der Waals surface area contributed by atoms with Gasteiger partial charge in [0.15, 0.2) is 5.78 Å². The molecule has 1 aromatic heterocycles. The van der Waals surface area contributed by atoms with Gasteiger partial charge in [-0.3, -0.25) is 9.59 Å². The van der Waals surface area contributed by atoms with E-state index in [0.717, 1.165) is 38.6 Å². The van der Waals surface area contributed by atoms with E-state index in [0.29, 0.717) is 23.3 Å². The van der Waals surface area contributed by atoms with Gasteiger partial charge >= 0.3 is 11.9 Å². The van der Waals surface area contributed by atoms with Gasteiger partial charge in [-0.2, -0.15) is 0 Å². The first kappa shape index (κ1) is 27.5. The van der Waals surface area contributed by atoms with Crippen LogP contribution in [0.3, 0.4) is 0 Å². The van der Waals surface area contributed by atoms with Gasteiger partial charge in [0.05, 0.1) is 18.8 Å². The van der Waals surface area contributed by atoms with E-state index in [1.54, 1.807) is 13.8 Å². The standard InChI is InChI=1S/C35H34N2O5/c1-5-41-34(39)29-20(3)36-26-19-24(21-12-8-7-9-13-21)31(35(40)42-6-2)33(38)32(26)30(29)22-16-17-28-25(18-22)23-14-10-11-15-27(23)37(28)4/h7-18,24,30-31,36H,5-6,19H2,1-4H3/t24-,30+,31+/m0/s1. The fraction of sp³-hybridized carbons (Fsp3) is 0.286. The number of dihydropyridines is 1. The van der Waals surface area contributed by atoms with Gasteiger partial charge in [0.1, 0.15) is 5.92 Å². The third kappa shape index (κ3) is 4.40. The molecule has 2 heterocycles. The lowest BCUT2D eigenvalue weighted by Crippen LogP contribution is -2.43. The zero-order chi connectivity index (χ0) is 29.5. The zero-order valence-electron chi connectivity index (χ0n) is 24.3. The molecule has 7 nitrogen and oxygen atoms in total. The lowest BCUT2D eigenvalue weighted by molar-refractivity contribution is -0.152. The summed E-state index contributed by atoms with van der Waals surface area (Å²) < 4.78 is 13.1. The van der Waals surface area contributed by atoms with Crippen LogP contribution in [0.25, 0.3) is 21.8 Å². The van der Waals surface area contributed by atoms with E-state index < -0.39 is 29.7 Å². The molecule has 0 fully saturated rings. The summed E-state index contributed by atoms with van der Waals surface area (Å²) in [6.07, 6.45) is 0.426. The van der Waals surface area contributed by atoms with E-state index in [9.17, 15) is 14.4 Å². The fourth-order valence-corrected chi connectivity index (χ4v) is 6.73. The summed E-state index contributed by atoms with van der Waals surface area (Å²) in [4.78, 5) is 41.5. The van der Waals surface area contributed by atoms with Crippen molar-refractivity contribution in [2.24, 2.45) is 13.0 Å². The number of hydrogen-bond acceptors (Lipinski definition) is 6. The van der Waals surface area contributed by atoms with Gasteiger partial charge in [0, 0.05) is 57.7 Å². The number of rotatable bonds is 6. The van der Waals surface area contributed by atoms with Gasteiger partial charge in [0.25, 0.3) is 0 Å². The van der Waals surface area contributed by atoms with E-state index in [1.165, 1.54) is 0 Å². The van der Waals surface area contributed by atoms with Crippen molar-refractivity contribution in [3.05, 3.63) is 106 Å². The predicted octanol–water partition coefficient (Wildman–Crippen LogP) is 6.05. The van der Waals surface area contributed by atoms with Gasteiger partial charge in [-0.15, -0.1) is 0 Å². The number of aryl methyl sites for hydroxylation is 1. The van der Waals surface area contributed by atoms with E-state index in [-0.39, 0.29) is 19.0 Å². The number of para-hydroxylation sites is 1. The van der Waals surface area contributed by atoms with Crippen LogP contribution in [0.1, 0.15) is 50.2 Å². The first-order valence-electron chi connectivity index (χ1n) is 14.5. The molecule has 0 saturated carbocycles. The number of ketones is 1. The molecule has 1 N–H and O–H groups in total. The summed E-state index contributed by atoms with van der Waals surface area (Å²) in [6, 6.07) is 23.9. The number of carbonyl (C=O) groups is 3. The summed E-state index contributed by atoms with van der Waals surface area (Å²) in [7, 11) is 2.03. The molecular weight excluding hydrogens is 528 g/mol. The van der Waals surface area contributed by atoms with Crippen LogP contribution < -0.4 is 5.32 Å². The number of allylic oxidation sites excluding steroid dienone is 3. The summed E-state index contributed by atoms with van der Waals surface area (Å²) in [5.74, 6) is -3.49. The van der Waals surface area contributed by atoms with Crippen molar-refractivity contribution >= 4 is 39.5 Å². The van der Waals surface area contributed by atoms with Crippen LogP contribution in [0, 0.1) is 5.92 Å². The Morgan fingerprint density at radius 2 is 1.57 bits per heavy atom. The van der Waals surface area contributed by atoms with E-state index in [1.807, 2.05) is 68.6 Å². The highest BCUT2D eigenvalue weighted by Gasteiger charge is 2.49. The summed E-state index contributed by atoms with van der Waals surface area (Å²) in [5.41, 5.74) is 6.00. The number of ether oxygens (including phenoxy) is 2. The Bertz CT molecular complexity index is 1800. The first-order valence-corrected chi connectivity index (χ1v) is 14.5. The quantitative estimate of drug-likeness (QED) is 0.228. The largest absolute Gasteiger partial charge is 0.465 e. The molecule has 4 aromatic rings. The number of benzene rings is 3. The molecule has 0 amide bonds. The molecule has 0 unspecified atom stereocenters. The van der Waals surface area contributed by atoms with Crippen LogP contribution in [-0.2, 0) is 30.9 Å². The SMILES string of the molecule is CCOC(=O)C1=C(C)NC2=C(C(=O)[C@H](C(=O)OCC)[C@H](c3ccccc3)C2)[C@@H]1c1ccc2c(c1)c1ccccc1n2C. The maximum atomic E-state index is 14.6. The summed E-state index contributed by atoms with van der Waals surface area (Å²) >= 11 is 0. The molecule has 1 aliphatic heterocycles. The zero-order valence-corrected chi connectivity index (χ0v) is 24.3. The van der Waals surface area contributed by atoms with E-state index in [4.69, 9.17) is 9.47 Å². The molecule has 0 bridgehead atoms. The molecule has 3 atom stereocenters. The minimum atomic E-state index is -1.03. The minimum Gasteiger partial charge on any atom is -0.465 e. The van der Waals surface area contributed by atoms with Crippen LogP contribution in [0.15, 0.2) is 95.3 Å². The average molecular weight is 563 g/mol. The van der Waals surface area contributed by atoms with Gasteiger partial charge in [-0.05, 0) is 56.5 Å². The van der Waals surface area contributed by atoms with Gasteiger partial charge in [0.2, 0.25) is 0 Å². The molecule has 7 heteroatoms. The summed E-state index contributed by atoms with van der Waals surface area (Å²) in [5, 5.41) is 5.49. The van der Waals surface area contributed by atoms with Crippen LogP contribution in [0.2, 0.25) is 0 Å². The monoisotopic (exact) mass is 562 g/mol. The number of carbonyl (C=O) groups excluding carboxylic acids is 3. The number of hydrogen-bond donors (Lipinski definition) is 1. The Morgan fingerprint density at radius 1 is 0.881 bits per heavy atom. The second-order valence-electron chi connectivity index (χ2n) is 10.9. The Balaban J connectivity index is 1.57. The number of aromatic nitrogens is 1. The van der Waals surface area contributed by atoms with Crippen LogP contribution in [0.4, 0.5) is 0 Å². The molecule has 0 spiro atoms. The molecule has 42 heavy (non-hydrogen) atoms. The molecule has 214 valence electrons. The smallest absolute Gasteiger partial charge is 0.336 e. The van der Waals surface area contributed by atoms with Crippen LogP contribution in [-0.4, -0.2) is 35.5 Å². The van der Waals surface area contributed by atoms with Crippen LogP contribution >= 0.6 is 0 Å². The van der Waals surface area contributed by atoms with E-state index >= 15 is 0 Å². The highest BCUT2D eigenvalue weighted by atomic mass is 16.5. The first-order chi connectivity index (χ1) is 20.3. The normalized spacial score (nSPS) is 20.5. The van der Waals surface area contributed by atoms with Crippen LogP contribution in [0.5, 0.6) is 0 Å². The van der Waals surface area contributed by atoms with Crippen molar-refractivity contribution in [3.8, 4) is 0 Å². The highest BCUT2D eigenvalue weighted by Crippen LogP contribution is 2.48. The Labute approximate surface area is 244 Å². The number of fused-ring (bicyclic) bond motifs is 3. The molecule has 1 aliphatic carbocycles. The maximum Gasteiger partial charge on any atom is 0.336 e. The second-order valence-corrected chi connectivity index (χ2v) is 10.9. The Hall–Kier alpha value is -4.65. The van der Waals surface area contributed by atoms with Gasteiger partial charge < -0.3 is 19.4 Å². The number of nitrogens with zero attached hydrogens (tertiary/aromatic N) is 1. The number of Topliss-reactive ketones (excluding diaryl/α,β-unsaturated/α-hetero) is 1. The minimum absolute atomic E-state index is 0.169. The summed E-state index contributed by atoms with van der Waals surface area (Å²) in [6.45, 7) is 5.72. The third-order valence-corrected chi connectivity index (χ3v) is 8.55. The van der Waals surface area contributed by atoms with Crippen molar-refractivity contribution in [1.29, 1.82) is 0 Å².